The first-order chi connectivity index (χ1) is 15.0. The molecule has 0 saturated carbocycles. The molecule has 5 N–H and O–H groups in total. The van der Waals surface area contributed by atoms with E-state index >= 15 is 0 Å². The van der Waals surface area contributed by atoms with Crippen molar-refractivity contribution >= 4 is 24.6 Å². The summed E-state index contributed by atoms with van der Waals surface area (Å²) in [6, 6.07) is 18.6. The van der Waals surface area contributed by atoms with Crippen LogP contribution in [0.1, 0.15) is 27.7 Å². The van der Waals surface area contributed by atoms with Crippen molar-refractivity contribution in [1.29, 1.82) is 0 Å². The third kappa shape index (κ3) is 5.83. The molecule has 0 aliphatic heterocycles. The number of aliphatic hydroxyl groups is 4. The first-order valence-electron chi connectivity index (χ1n) is 10.7. The molecule has 8 heteroatoms. The van der Waals surface area contributed by atoms with Crippen molar-refractivity contribution in [3.63, 3.8) is 0 Å². The maximum absolute atomic E-state index is 11.3. The van der Waals surface area contributed by atoms with Crippen LogP contribution in [0.5, 0.6) is 0 Å². The van der Waals surface area contributed by atoms with Gasteiger partial charge < -0.3 is 30.2 Å². The Morgan fingerprint density at radius 2 is 1.41 bits per heavy atom. The summed E-state index contributed by atoms with van der Waals surface area (Å²) in [7, 11) is -2.93. The summed E-state index contributed by atoms with van der Waals surface area (Å²) in [5.41, 5.74) is 0. The van der Waals surface area contributed by atoms with Crippen LogP contribution in [0.4, 0.5) is 0 Å². The molecule has 0 heterocycles. The molecule has 0 fully saturated rings. The van der Waals surface area contributed by atoms with Crippen molar-refractivity contribution in [2.45, 2.75) is 57.1 Å². The number of benzene rings is 2. The van der Waals surface area contributed by atoms with Crippen LogP contribution in [0.2, 0.25) is 5.04 Å². The second-order valence-electron chi connectivity index (χ2n) is 9.01. The average molecular weight is 462 g/mol. The van der Waals surface area contributed by atoms with E-state index in [-0.39, 0.29) is 11.6 Å². The summed E-state index contributed by atoms with van der Waals surface area (Å²) < 4.78 is 6.56. The minimum Gasteiger partial charge on any atom is -0.405 e. The number of carbonyl (C=O) groups is 1. The molecule has 0 spiro atoms. The highest BCUT2D eigenvalue weighted by Gasteiger charge is 2.50. The molecule has 0 aromatic heterocycles. The van der Waals surface area contributed by atoms with E-state index in [0.717, 1.165) is 10.4 Å². The zero-order valence-corrected chi connectivity index (χ0v) is 20.1. The topological polar surface area (TPSA) is 119 Å². The lowest BCUT2D eigenvalue weighted by Crippen LogP contribution is -2.67. The Morgan fingerprint density at radius 1 is 0.938 bits per heavy atom. The van der Waals surface area contributed by atoms with E-state index in [1.165, 1.54) is 6.92 Å². The SMILES string of the molecule is CC(=O)N[C@H](CO)[C@@H](O)[C@H](O)[C@H](O)CO[Si](c1ccccc1)(c1ccccc1)C(C)(C)C. The third-order valence-corrected chi connectivity index (χ3v) is 10.6. The van der Waals surface area contributed by atoms with Gasteiger partial charge in [-0.3, -0.25) is 4.79 Å². The molecule has 0 aliphatic carbocycles. The van der Waals surface area contributed by atoms with E-state index in [1.807, 2.05) is 60.7 Å². The van der Waals surface area contributed by atoms with Gasteiger partial charge in [-0.05, 0) is 15.4 Å². The minimum atomic E-state index is -2.93. The second kappa shape index (κ2) is 11.2. The zero-order valence-electron chi connectivity index (χ0n) is 19.1. The van der Waals surface area contributed by atoms with Crippen LogP contribution >= 0.6 is 0 Å². The minimum absolute atomic E-state index is 0.232. The lowest BCUT2D eigenvalue weighted by Gasteiger charge is -2.43. The molecular formula is C24H35NO6Si. The maximum atomic E-state index is 11.3. The van der Waals surface area contributed by atoms with Crippen LogP contribution in [0.3, 0.4) is 0 Å². The summed E-state index contributed by atoms with van der Waals surface area (Å²) >= 11 is 0. The number of aliphatic hydroxyl groups excluding tert-OH is 4. The summed E-state index contributed by atoms with van der Waals surface area (Å²) in [6.45, 7) is 6.70. The van der Waals surface area contributed by atoms with Gasteiger partial charge in [-0.25, -0.2) is 0 Å². The fourth-order valence-corrected chi connectivity index (χ4v) is 8.61. The van der Waals surface area contributed by atoms with E-state index in [2.05, 4.69) is 26.1 Å². The normalized spacial score (nSPS) is 16.1. The van der Waals surface area contributed by atoms with E-state index in [9.17, 15) is 25.2 Å². The molecule has 7 nitrogen and oxygen atoms in total. The van der Waals surface area contributed by atoms with Crippen LogP contribution < -0.4 is 15.7 Å². The Labute approximate surface area is 190 Å². The van der Waals surface area contributed by atoms with Crippen molar-refractivity contribution < 1.29 is 29.6 Å². The number of hydrogen-bond donors (Lipinski definition) is 5. The maximum Gasteiger partial charge on any atom is 0.261 e. The highest BCUT2D eigenvalue weighted by atomic mass is 28.4. The Balaban J connectivity index is 2.36. The Morgan fingerprint density at radius 3 is 1.78 bits per heavy atom. The molecule has 176 valence electrons. The van der Waals surface area contributed by atoms with Gasteiger partial charge in [0.25, 0.3) is 8.32 Å². The molecule has 2 aromatic carbocycles. The fraction of sp³-hybridized carbons (Fsp3) is 0.458. The molecule has 0 unspecified atom stereocenters. The smallest absolute Gasteiger partial charge is 0.261 e. The Hall–Kier alpha value is -2.07. The highest BCUT2D eigenvalue weighted by Crippen LogP contribution is 2.36. The Bertz CT molecular complexity index is 803. The predicted molar refractivity (Wildman–Crippen MR) is 126 cm³/mol. The molecule has 2 rings (SSSR count). The van der Waals surface area contributed by atoms with E-state index in [1.54, 1.807) is 0 Å². The van der Waals surface area contributed by atoms with Gasteiger partial charge in [-0.1, -0.05) is 81.4 Å². The second-order valence-corrected chi connectivity index (χ2v) is 13.3. The van der Waals surface area contributed by atoms with Gasteiger partial charge >= 0.3 is 0 Å². The van der Waals surface area contributed by atoms with Gasteiger partial charge in [0.15, 0.2) is 0 Å². The predicted octanol–water partition coefficient (Wildman–Crippen LogP) is 0.143. The van der Waals surface area contributed by atoms with E-state index < -0.39 is 45.2 Å². The number of nitrogens with one attached hydrogen (secondary N) is 1. The number of rotatable bonds is 10. The van der Waals surface area contributed by atoms with Gasteiger partial charge in [-0.15, -0.1) is 0 Å². The van der Waals surface area contributed by atoms with Crippen LogP contribution in [0.15, 0.2) is 60.7 Å². The van der Waals surface area contributed by atoms with Crippen LogP contribution in [-0.2, 0) is 9.22 Å². The molecule has 0 saturated heterocycles. The summed E-state index contributed by atoms with van der Waals surface area (Å²) in [5.74, 6) is -0.464. The van der Waals surface area contributed by atoms with Gasteiger partial charge in [0.2, 0.25) is 5.91 Å². The van der Waals surface area contributed by atoms with Gasteiger partial charge in [0.1, 0.15) is 18.3 Å². The van der Waals surface area contributed by atoms with E-state index in [4.69, 9.17) is 4.43 Å². The standard InChI is InChI=1S/C24H35NO6Si/c1-17(27)25-20(15-26)22(29)23(30)21(28)16-31-32(24(2,3)4,18-11-7-5-8-12-18)19-13-9-6-10-14-19/h5-14,20-23,26,28-30H,15-16H2,1-4H3,(H,25,27)/t20-,21-,22-,23-/m1/s1. The highest BCUT2D eigenvalue weighted by molar-refractivity contribution is 6.99. The molecule has 4 atom stereocenters. The third-order valence-electron chi connectivity index (χ3n) is 5.63. The molecule has 0 radical (unpaired) electrons. The molecule has 32 heavy (non-hydrogen) atoms. The fourth-order valence-electron chi connectivity index (χ4n) is 4.04. The lowest BCUT2D eigenvalue weighted by molar-refractivity contribution is -0.124. The monoisotopic (exact) mass is 461 g/mol. The van der Waals surface area contributed by atoms with Gasteiger partial charge in [0, 0.05) is 6.92 Å². The molecule has 1 amide bonds. The first-order valence-corrected chi connectivity index (χ1v) is 12.6. The van der Waals surface area contributed by atoms with Crippen molar-refractivity contribution in [3.05, 3.63) is 60.7 Å². The van der Waals surface area contributed by atoms with E-state index in [0.29, 0.717) is 0 Å². The summed E-state index contributed by atoms with van der Waals surface area (Å²) in [5, 5.41) is 45.1. The lowest BCUT2D eigenvalue weighted by atomic mass is 10.0. The van der Waals surface area contributed by atoms with Crippen molar-refractivity contribution in [2.75, 3.05) is 13.2 Å². The molecular weight excluding hydrogens is 426 g/mol. The van der Waals surface area contributed by atoms with Crippen LogP contribution in [0.25, 0.3) is 0 Å². The first kappa shape index (κ1) is 26.2. The van der Waals surface area contributed by atoms with Crippen molar-refractivity contribution in [3.8, 4) is 0 Å². The van der Waals surface area contributed by atoms with Crippen molar-refractivity contribution in [1.82, 2.24) is 5.32 Å². The zero-order chi connectivity index (χ0) is 23.9. The summed E-state index contributed by atoms with van der Waals surface area (Å²) in [4.78, 5) is 11.3. The summed E-state index contributed by atoms with van der Waals surface area (Å²) in [6.07, 6.45) is -4.63. The van der Waals surface area contributed by atoms with Crippen LogP contribution in [-0.4, -0.2) is 72.2 Å². The van der Waals surface area contributed by atoms with Gasteiger partial charge in [0.05, 0.1) is 19.3 Å². The molecule has 2 aromatic rings. The number of amides is 1. The average Bonchev–Trinajstić information content (AvgIpc) is 2.77. The molecule has 0 bridgehead atoms. The van der Waals surface area contributed by atoms with Gasteiger partial charge in [-0.2, -0.15) is 0 Å². The number of hydrogen-bond acceptors (Lipinski definition) is 6. The van der Waals surface area contributed by atoms with Crippen molar-refractivity contribution in [2.24, 2.45) is 0 Å². The largest absolute Gasteiger partial charge is 0.405 e. The Kier molecular flexibility index (Phi) is 9.14. The van der Waals surface area contributed by atoms with Crippen LogP contribution in [0, 0.1) is 0 Å². The number of carbonyl (C=O) groups excluding carboxylic acids is 1. The molecule has 0 aliphatic rings. The quantitative estimate of drug-likeness (QED) is 0.321.